The van der Waals surface area contributed by atoms with Crippen molar-refractivity contribution in [3.63, 3.8) is 0 Å². The normalized spacial score (nSPS) is 12.9. The first-order valence-corrected chi connectivity index (χ1v) is 6.89. The zero-order valence-corrected chi connectivity index (χ0v) is 10.8. The van der Waals surface area contributed by atoms with Crippen LogP contribution in [0, 0.1) is 6.92 Å². The van der Waals surface area contributed by atoms with E-state index < -0.39 is 0 Å². The molecule has 2 nitrogen and oxygen atoms in total. The maximum atomic E-state index is 5.83. The van der Waals surface area contributed by atoms with Crippen LogP contribution in [0.15, 0.2) is 29.6 Å². The van der Waals surface area contributed by atoms with E-state index >= 15 is 0 Å². The van der Waals surface area contributed by atoms with Gasteiger partial charge in [0, 0.05) is 21.2 Å². The molecular weight excluding hydrogens is 238 g/mol. The van der Waals surface area contributed by atoms with Gasteiger partial charge in [0.15, 0.2) is 0 Å². The van der Waals surface area contributed by atoms with Crippen LogP contribution in [0.5, 0.6) is 0 Å². The van der Waals surface area contributed by atoms with Crippen molar-refractivity contribution >= 4 is 22.7 Å². The standard InChI is InChI=1S/C12H15NOS2/c1-9-4-5-12(16-9)11(7-13)14-8-10-3-2-6-15-10/h2-6,11H,7-8,13H2,1H3. The van der Waals surface area contributed by atoms with Crippen molar-refractivity contribution in [2.75, 3.05) is 6.54 Å². The van der Waals surface area contributed by atoms with E-state index in [-0.39, 0.29) is 6.10 Å². The lowest BCUT2D eigenvalue weighted by molar-refractivity contribution is 0.0496. The summed E-state index contributed by atoms with van der Waals surface area (Å²) in [4.78, 5) is 3.76. The lowest BCUT2D eigenvalue weighted by Gasteiger charge is -2.13. The molecule has 2 aromatic heterocycles. The summed E-state index contributed by atoms with van der Waals surface area (Å²) in [6, 6.07) is 8.33. The topological polar surface area (TPSA) is 35.2 Å². The second-order valence-electron chi connectivity index (χ2n) is 3.56. The molecule has 0 radical (unpaired) electrons. The van der Waals surface area contributed by atoms with E-state index in [0.717, 1.165) is 0 Å². The minimum absolute atomic E-state index is 0.0285. The molecule has 0 bridgehead atoms. The Morgan fingerprint density at radius 2 is 2.25 bits per heavy atom. The number of hydrogen-bond acceptors (Lipinski definition) is 4. The van der Waals surface area contributed by atoms with Crippen molar-refractivity contribution in [2.24, 2.45) is 5.73 Å². The van der Waals surface area contributed by atoms with Gasteiger partial charge in [-0.15, -0.1) is 22.7 Å². The highest BCUT2D eigenvalue weighted by Crippen LogP contribution is 2.26. The van der Waals surface area contributed by atoms with Gasteiger partial charge in [-0.2, -0.15) is 0 Å². The summed E-state index contributed by atoms with van der Waals surface area (Å²) in [7, 11) is 0. The molecule has 2 N–H and O–H groups in total. The van der Waals surface area contributed by atoms with E-state index in [1.165, 1.54) is 14.6 Å². The largest absolute Gasteiger partial charge is 0.366 e. The lowest BCUT2D eigenvalue weighted by atomic mass is 10.3. The number of aryl methyl sites for hydroxylation is 1. The Balaban J connectivity index is 1.96. The summed E-state index contributed by atoms with van der Waals surface area (Å²) in [5, 5.41) is 2.06. The number of hydrogen-bond donors (Lipinski definition) is 1. The van der Waals surface area contributed by atoms with Crippen molar-refractivity contribution < 1.29 is 4.74 Å². The average molecular weight is 253 g/mol. The van der Waals surface area contributed by atoms with Gasteiger partial charge < -0.3 is 10.5 Å². The second-order valence-corrected chi connectivity index (χ2v) is 5.91. The van der Waals surface area contributed by atoms with Crippen LogP contribution in [0.4, 0.5) is 0 Å². The first-order chi connectivity index (χ1) is 7.79. The van der Waals surface area contributed by atoms with Crippen molar-refractivity contribution in [1.82, 2.24) is 0 Å². The summed E-state index contributed by atoms with van der Waals surface area (Å²) in [5.41, 5.74) is 5.74. The molecule has 16 heavy (non-hydrogen) atoms. The molecule has 0 saturated heterocycles. The van der Waals surface area contributed by atoms with Gasteiger partial charge in [-0.25, -0.2) is 0 Å². The van der Waals surface area contributed by atoms with E-state index in [9.17, 15) is 0 Å². The van der Waals surface area contributed by atoms with E-state index in [1.54, 1.807) is 22.7 Å². The Morgan fingerprint density at radius 1 is 1.38 bits per heavy atom. The first kappa shape index (κ1) is 11.8. The molecule has 4 heteroatoms. The highest BCUT2D eigenvalue weighted by atomic mass is 32.1. The third kappa shape index (κ3) is 2.92. The number of rotatable bonds is 5. The fourth-order valence-electron chi connectivity index (χ4n) is 1.47. The monoisotopic (exact) mass is 253 g/mol. The molecule has 0 saturated carbocycles. The molecule has 2 aromatic rings. The third-order valence-electron chi connectivity index (χ3n) is 2.30. The second kappa shape index (κ2) is 5.59. The maximum Gasteiger partial charge on any atom is 0.104 e. The van der Waals surface area contributed by atoms with Crippen LogP contribution in [0.25, 0.3) is 0 Å². The van der Waals surface area contributed by atoms with Crippen LogP contribution < -0.4 is 5.73 Å². The highest BCUT2D eigenvalue weighted by Gasteiger charge is 2.12. The van der Waals surface area contributed by atoms with Gasteiger partial charge in [-0.1, -0.05) is 6.07 Å². The molecule has 1 unspecified atom stereocenters. The Morgan fingerprint density at radius 3 is 2.81 bits per heavy atom. The highest BCUT2D eigenvalue weighted by molar-refractivity contribution is 7.12. The summed E-state index contributed by atoms with van der Waals surface area (Å²) >= 11 is 3.47. The summed E-state index contributed by atoms with van der Waals surface area (Å²) in [5.74, 6) is 0. The molecule has 0 aliphatic heterocycles. The van der Waals surface area contributed by atoms with Gasteiger partial charge >= 0.3 is 0 Å². The van der Waals surface area contributed by atoms with Crippen LogP contribution in [0.1, 0.15) is 20.7 Å². The van der Waals surface area contributed by atoms with Crippen molar-refractivity contribution in [3.05, 3.63) is 44.3 Å². The van der Waals surface area contributed by atoms with Gasteiger partial charge in [-0.3, -0.25) is 0 Å². The predicted molar refractivity (Wildman–Crippen MR) is 70.0 cm³/mol. The Hall–Kier alpha value is -0.680. The van der Waals surface area contributed by atoms with Crippen LogP contribution in [0.3, 0.4) is 0 Å². The van der Waals surface area contributed by atoms with Crippen LogP contribution in [-0.4, -0.2) is 6.54 Å². The van der Waals surface area contributed by atoms with Crippen LogP contribution in [-0.2, 0) is 11.3 Å². The fourth-order valence-corrected chi connectivity index (χ4v) is 3.04. The molecule has 2 rings (SSSR count). The number of nitrogens with two attached hydrogens (primary N) is 1. The maximum absolute atomic E-state index is 5.83. The van der Waals surface area contributed by atoms with Gasteiger partial charge in [-0.05, 0) is 30.5 Å². The first-order valence-electron chi connectivity index (χ1n) is 5.20. The van der Waals surface area contributed by atoms with E-state index in [2.05, 4.69) is 30.5 Å². The Labute approximate surface area is 104 Å². The zero-order chi connectivity index (χ0) is 11.4. The molecule has 0 aliphatic rings. The van der Waals surface area contributed by atoms with E-state index in [1.807, 2.05) is 6.07 Å². The van der Waals surface area contributed by atoms with Gasteiger partial charge in [0.05, 0.1) is 6.61 Å². The van der Waals surface area contributed by atoms with E-state index in [0.29, 0.717) is 13.2 Å². The minimum atomic E-state index is 0.0285. The summed E-state index contributed by atoms with van der Waals surface area (Å²) in [6.45, 7) is 3.28. The molecular formula is C12H15NOS2. The predicted octanol–water partition coefficient (Wildman–Crippen LogP) is 3.33. The Kier molecular flexibility index (Phi) is 4.12. The Bertz CT molecular complexity index is 422. The zero-order valence-electron chi connectivity index (χ0n) is 9.18. The number of thiophene rings is 2. The quantitative estimate of drug-likeness (QED) is 0.887. The number of ether oxygens (including phenoxy) is 1. The SMILES string of the molecule is Cc1ccc(C(CN)OCc2cccs2)s1. The molecule has 0 spiro atoms. The minimum Gasteiger partial charge on any atom is -0.366 e. The lowest BCUT2D eigenvalue weighted by Crippen LogP contribution is -2.14. The molecule has 1 atom stereocenters. The molecule has 0 fully saturated rings. The van der Waals surface area contributed by atoms with Crippen LogP contribution in [0.2, 0.25) is 0 Å². The molecule has 0 aliphatic carbocycles. The van der Waals surface area contributed by atoms with Gasteiger partial charge in [0.25, 0.3) is 0 Å². The fraction of sp³-hybridized carbons (Fsp3) is 0.333. The van der Waals surface area contributed by atoms with Crippen molar-refractivity contribution in [3.8, 4) is 0 Å². The third-order valence-corrected chi connectivity index (χ3v) is 4.24. The van der Waals surface area contributed by atoms with E-state index in [4.69, 9.17) is 10.5 Å². The molecule has 86 valence electrons. The smallest absolute Gasteiger partial charge is 0.104 e. The van der Waals surface area contributed by atoms with Crippen LogP contribution >= 0.6 is 22.7 Å². The summed E-state index contributed by atoms with van der Waals surface area (Å²) in [6.07, 6.45) is 0.0285. The molecule has 0 amide bonds. The van der Waals surface area contributed by atoms with Gasteiger partial charge in [0.2, 0.25) is 0 Å². The van der Waals surface area contributed by atoms with Crippen molar-refractivity contribution in [2.45, 2.75) is 19.6 Å². The molecule has 2 heterocycles. The summed E-state index contributed by atoms with van der Waals surface area (Å²) < 4.78 is 5.83. The van der Waals surface area contributed by atoms with Gasteiger partial charge in [0.1, 0.15) is 6.10 Å². The molecule has 0 aromatic carbocycles. The average Bonchev–Trinajstić information content (AvgIpc) is 2.91. The van der Waals surface area contributed by atoms with Crippen molar-refractivity contribution in [1.29, 1.82) is 0 Å².